The fourth-order valence-electron chi connectivity index (χ4n) is 6.26. The third-order valence-electron chi connectivity index (χ3n) is 7.12. The Hall–Kier alpha value is -0.960. The van der Waals surface area contributed by atoms with Gasteiger partial charge in [-0.25, -0.2) is 0 Å². The highest BCUT2D eigenvalue weighted by atomic mass is 32.2. The van der Waals surface area contributed by atoms with Crippen LogP contribution in [0.3, 0.4) is 0 Å². The van der Waals surface area contributed by atoms with Gasteiger partial charge in [0, 0.05) is 4.90 Å². The molecule has 4 aliphatic carbocycles. The molecule has 0 amide bonds. The van der Waals surface area contributed by atoms with Gasteiger partial charge in [0.1, 0.15) is 5.75 Å². The Morgan fingerprint density at radius 2 is 1.59 bits per heavy atom. The molecule has 0 saturated heterocycles. The summed E-state index contributed by atoms with van der Waals surface area (Å²) in [5.41, 5.74) is 2.03. The van der Waals surface area contributed by atoms with Crippen LogP contribution in [0, 0.1) is 37.0 Å². The van der Waals surface area contributed by atoms with E-state index in [9.17, 15) is 4.79 Å². The van der Waals surface area contributed by atoms with Crippen molar-refractivity contribution in [3.8, 4) is 5.75 Å². The number of unbranched alkanes of at least 4 members (excludes halogenated alkanes) is 2. The van der Waals surface area contributed by atoms with E-state index in [-0.39, 0.29) is 11.4 Å². The number of thioether (sulfide) groups is 1. The second kappa shape index (κ2) is 7.81. The third kappa shape index (κ3) is 3.95. The molecule has 0 unspecified atom stereocenters. The zero-order chi connectivity index (χ0) is 19.0. The quantitative estimate of drug-likeness (QED) is 0.225. The van der Waals surface area contributed by atoms with Gasteiger partial charge in [-0.05, 0) is 106 Å². The number of hydrogen-bond acceptors (Lipinski definition) is 3. The number of esters is 1. The van der Waals surface area contributed by atoms with Crippen LogP contribution in [0.25, 0.3) is 0 Å². The van der Waals surface area contributed by atoms with Gasteiger partial charge >= 0.3 is 5.97 Å². The molecule has 4 saturated carbocycles. The molecular weight excluding hydrogens is 352 g/mol. The largest absolute Gasteiger partial charge is 0.426 e. The van der Waals surface area contributed by atoms with E-state index in [1.54, 1.807) is 0 Å². The predicted octanol–water partition coefficient (Wildman–Crippen LogP) is 6.71. The lowest BCUT2D eigenvalue weighted by Gasteiger charge is -2.55. The predicted molar refractivity (Wildman–Crippen MR) is 112 cm³/mol. The van der Waals surface area contributed by atoms with Gasteiger partial charge in [0.15, 0.2) is 0 Å². The van der Waals surface area contributed by atoms with E-state index in [1.165, 1.54) is 49.2 Å². The van der Waals surface area contributed by atoms with E-state index in [1.807, 2.05) is 11.8 Å². The molecule has 0 atom stereocenters. The van der Waals surface area contributed by atoms with E-state index in [2.05, 4.69) is 32.9 Å². The summed E-state index contributed by atoms with van der Waals surface area (Å²) >= 11 is 1.92. The summed E-state index contributed by atoms with van der Waals surface area (Å²) < 4.78 is 6.11. The summed E-state index contributed by atoms with van der Waals surface area (Å²) in [5, 5.41) is 0. The lowest BCUT2D eigenvalue weighted by molar-refractivity contribution is -0.161. The van der Waals surface area contributed by atoms with Crippen molar-refractivity contribution in [3.05, 3.63) is 23.3 Å². The summed E-state index contributed by atoms with van der Waals surface area (Å²) in [5.74, 6) is 4.36. The van der Waals surface area contributed by atoms with Crippen molar-refractivity contribution >= 4 is 17.7 Å². The summed E-state index contributed by atoms with van der Waals surface area (Å²) in [6.45, 7) is 6.42. The molecule has 3 heteroatoms. The fraction of sp³-hybridized carbons (Fsp3) is 0.708. The molecule has 4 aliphatic rings. The maximum atomic E-state index is 13.3. The van der Waals surface area contributed by atoms with Gasteiger partial charge in [-0.2, -0.15) is 0 Å². The Morgan fingerprint density at radius 3 is 2.11 bits per heavy atom. The van der Waals surface area contributed by atoms with Crippen LogP contribution in [0.2, 0.25) is 0 Å². The number of ether oxygens (including phenoxy) is 1. The van der Waals surface area contributed by atoms with Gasteiger partial charge in [-0.15, -0.1) is 11.8 Å². The second-order valence-corrected chi connectivity index (χ2v) is 10.7. The van der Waals surface area contributed by atoms with Crippen LogP contribution in [0.1, 0.15) is 75.8 Å². The van der Waals surface area contributed by atoms with Crippen molar-refractivity contribution < 1.29 is 9.53 Å². The van der Waals surface area contributed by atoms with Crippen LogP contribution in [-0.4, -0.2) is 11.7 Å². The zero-order valence-corrected chi connectivity index (χ0v) is 18.0. The lowest BCUT2D eigenvalue weighted by Crippen LogP contribution is -2.51. The molecule has 1 aromatic rings. The highest BCUT2D eigenvalue weighted by Crippen LogP contribution is 2.60. The van der Waals surface area contributed by atoms with Gasteiger partial charge in [0.2, 0.25) is 0 Å². The summed E-state index contributed by atoms with van der Waals surface area (Å²) in [6, 6.07) is 4.40. The monoisotopic (exact) mass is 386 g/mol. The van der Waals surface area contributed by atoms with E-state index in [0.29, 0.717) is 0 Å². The molecule has 0 N–H and O–H groups in total. The van der Waals surface area contributed by atoms with Crippen LogP contribution < -0.4 is 4.74 Å². The Morgan fingerprint density at radius 1 is 1.04 bits per heavy atom. The first kappa shape index (κ1) is 19.4. The minimum absolute atomic E-state index is 0.0659. The molecular formula is C24H34O2S. The standard InChI is InChI=1S/C24H34O2S/c1-4-5-6-7-27-21-8-16(2)22(17(3)9-21)26-23(25)24-13-18-10-19(14-24)12-20(11-18)15-24/h8-9,18-20H,4-7,10-15H2,1-3H3. The molecule has 0 spiro atoms. The highest BCUT2D eigenvalue weighted by Gasteiger charge is 2.55. The normalized spacial score (nSPS) is 31.3. The number of hydrogen-bond donors (Lipinski definition) is 0. The van der Waals surface area contributed by atoms with Crippen molar-refractivity contribution in [3.63, 3.8) is 0 Å². The SMILES string of the molecule is CCCCCSc1cc(C)c(OC(=O)C23CC4CC(CC(C4)C2)C3)c(C)c1. The smallest absolute Gasteiger partial charge is 0.317 e. The number of benzene rings is 1. The van der Waals surface area contributed by atoms with Crippen LogP contribution in [0.4, 0.5) is 0 Å². The van der Waals surface area contributed by atoms with E-state index in [4.69, 9.17) is 4.74 Å². The topological polar surface area (TPSA) is 26.3 Å². The molecule has 2 nitrogen and oxygen atoms in total. The molecule has 1 aromatic carbocycles. The van der Waals surface area contributed by atoms with Gasteiger partial charge in [-0.3, -0.25) is 4.79 Å². The number of rotatable bonds is 7. The Bertz CT molecular complexity index is 650. The fourth-order valence-corrected chi connectivity index (χ4v) is 7.36. The van der Waals surface area contributed by atoms with Crippen molar-refractivity contribution in [2.24, 2.45) is 23.2 Å². The van der Waals surface area contributed by atoms with Gasteiger partial charge in [0.25, 0.3) is 0 Å². The Labute approximate surface area is 168 Å². The first-order valence-corrected chi connectivity index (χ1v) is 11.9. The summed E-state index contributed by atoms with van der Waals surface area (Å²) in [7, 11) is 0. The first-order chi connectivity index (χ1) is 13.0. The Kier molecular flexibility index (Phi) is 5.60. The Balaban J connectivity index is 1.45. The molecule has 0 aliphatic heterocycles. The van der Waals surface area contributed by atoms with Crippen molar-refractivity contribution in [2.75, 3.05) is 5.75 Å². The van der Waals surface area contributed by atoms with Crippen LogP contribution in [0.5, 0.6) is 5.75 Å². The number of carbonyl (C=O) groups excluding carboxylic acids is 1. The highest BCUT2D eigenvalue weighted by molar-refractivity contribution is 7.99. The number of carbonyl (C=O) groups is 1. The maximum Gasteiger partial charge on any atom is 0.317 e. The minimum atomic E-state index is -0.179. The van der Waals surface area contributed by atoms with Crippen LogP contribution in [-0.2, 0) is 4.79 Å². The maximum absolute atomic E-state index is 13.3. The number of aryl methyl sites for hydroxylation is 2. The summed E-state index contributed by atoms with van der Waals surface area (Å²) in [4.78, 5) is 14.6. The average molecular weight is 387 g/mol. The van der Waals surface area contributed by atoms with E-state index < -0.39 is 0 Å². The zero-order valence-electron chi connectivity index (χ0n) is 17.2. The van der Waals surface area contributed by atoms with Gasteiger partial charge in [0.05, 0.1) is 5.41 Å². The van der Waals surface area contributed by atoms with Gasteiger partial charge < -0.3 is 4.74 Å². The van der Waals surface area contributed by atoms with E-state index in [0.717, 1.165) is 53.9 Å². The molecule has 4 fully saturated rings. The average Bonchev–Trinajstić information content (AvgIpc) is 2.60. The molecule has 5 rings (SSSR count). The lowest BCUT2D eigenvalue weighted by atomic mass is 9.49. The first-order valence-electron chi connectivity index (χ1n) is 11.0. The molecule has 27 heavy (non-hydrogen) atoms. The molecule has 0 aromatic heterocycles. The van der Waals surface area contributed by atoms with Crippen molar-refractivity contribution in [1.82, 2.24) is 0 Å². The molecule has 0 heterocycles. The van der Waals surface area contributed by atoms with Crippen LogP contribution >= 0.6 is 11.8 Å². The minimum Gasteiger partial charge on any atom is -0.426 e. The van der Waals surface area contributed by atoms with Crippen molar-refractivity contribution in [1.29, 1.82) is 0 Å². The van der Waals surface area contributed by atoms with Crippen LogP contribution in [0.15, 0.2) is 17.0 Å². The van der Waals surface area contributed by atoms with Crippen molar-refractivity contribution in [2.45, 2.75) is 83.5 Å². The molecule has 4 bridgehead atoms. The second-order valence-electron chi connectivity index (χ2n) is 9.53. The molecule has 0 radical (unpaired) electrons. The van der Waals surface area contributed by atoms with Gasteiger partial charge in [-0.1, -0.05) is 19.8 Å². The van der Waals surface area contributed by atoms with E-state index >= 15 is 0 Å². The molecule has 148 valence electrons. The summed E-state index contributed by atoms with van der Waals surface area (Å²) in [6.07, 6.45) is 11.1. The third-order valence-corrected chi connectivity index (χ3v) is 8.18.